The molecule has 0 saturated carbocycles. The van der Waals surface area contributed by atoms with E-state index < -0.39 is 168 Å². The van der Waals surface area contributed by atoms with Crippen LogP contribution in [0.2, 0.25) is 0 Å². The molecule has 0 unspecified atom stereocenters. The van der Waals surface area contributed by atoms with Gasteiger partial charge in [-0.1, -0.05) is 20.5 Å². The number of hydrogen-bond donors (Lipinski definition) is 1. The molecule has 16 atom stereocenters. The van der Waals surface area contributed by atoms with E-state index in [9.17, 15) is 54.9 Å². The third-order valence-corrected chi connectivity index (χ3v) is 23.0. The number of rotatable bonds is 16. The summed E-state index contributed by atoms with van der Waals surface area (Å²) in [7, 11) is 0. The molecule has 0 bridgehead atoms. The van der Waals surface area contributed by atoms with Gasteiger partial charge in [0.05, 0.1) is 24.2 Å². The molecule has 12 aliphatic rings. The Kier molecular flexibility index (Phi) is 20.8. The fraction of sp³-hybridized carbons (Fsp3) is 0.790. The lowest BCUT2D eigenvalue weighted by molar-refractivity contribution is -0.156. The number of carbonyl (C=O) groups is 13. The van der Waals surface area contributed by atoms with Crippen LogP contribution in [0.1, 0.15) is 135 Å². The van der Waals surface area contributed by atoms with Gasteiger partial charge in [-0.15, -0.1) is 0 Å². The van der Waals surface area contributed by atoms with Gasteiger partial charge in [-0.25, -0.2) is 0 Å². The van der Waals surface area contributed by atoms with Crippen molar-refractivity contribution in [2.45, 2.75) is 232 Å². The summed E-state index contributed by atoms with van der Waals surface area (Å²) in [6, 6.07) is -15.8. The van der Waals surface area contributed by atoms with E-state index in [1.54, 1.807) is 0 Å². The summed E-state index contributed by atoms with van der Waals surface area (Å²) in [5, 5.41) is 15.4. The Morgan fingerprint density at radius 1 is 0.270 bits per heavy atom. The van der Waals surface area contributed by atoms with E-state index in [0.717, 1.165) is 0 Å². The van der Waals surface area contributed by atoms with Crippen molar-refractivity contribution in [3.05, 3.63) is 41.8 Å². The van der Waals surface area contributed by atoms with Crippen molar-refractivity contribution in [3.63, 3.8) is 0 Å². The van der Waals surface area contributed by atoms with Crippen molar-refractivity contribution >= 4 is 76.8 Å². The van der Waals surface area contributed by atoms with Crippen molar-refractivity contribution in [3.8, 4) is 0 Å². The number of primary amides is 1. The summed E-state index contributed by atoms with van der Waals surface area (Å²) >= 11 is 0. The Hall–Kier alpha value is -9.65. The van der Waals surface area contributed by atoms with Gasteiger partial charge in [-0.05, 0) is 151 Å². The minimum absolute atomic E-state index is 0.0348. The predicted octanol–water partition coefficient (Wildman–Crippen LogP) is 0.539. The second kappa shape index (κ2) is 29.7. The maximum atomic E-state index is 15.2. The van der Waals surface area contributed by atoms with Gasteiger partial charge >= 0.3 is 0 Å². The van der Waals surface area contributed by atoms with Crippen LogP contribution >= 0.6 is 0 Å². The predicted molar refractivity (Wildman–Crippen MR) is 345 cm³/mol. The zero-order chi connectivity index (χ0) is 71.0. The molecular formula is C62H85N25O13. The summed E-state index contributed by atoms with van der Waals surface area (Å²) in [6.45, 7) is 2.24. The zero-order valence-electron chi connectivity index (χ0n) is 56.0. The number of nitrogens with two attached hydrogens (primary N) is 1. The Morgan fingerprint density at radius 2 is 0.440 bits per heavy atom. The van der Waals surface area contributed by atoms with Crippen LogP contribution in [0.4, 0.5) is 0 Å². The number of azide groups is 4. The molecule has 12 fully saturated rings. The molecule has 12 saturated heterocycles. The standard InChI is InChI=1S/C62H85N25O13/c1-34(88)84-30-35(68-72-64)26-47(84)59(97)80-22-4-12-41(80)53(91)77-19-7-15-44(77)56(94)86-32-37(70-74-66)28-49(86)61(99)82-24-6-14-43(82)55(93)79-21-9-17-46(79)58(96)87-33-38(71-75-67)29-50(87)62(100)83-25-5-13-42(83)54(92)78-20-8-16-45(78)57(95)85-31-36(69-73-65)27-48(85)60(98)81-23-3-11-40(81)52(90)76-18-2-10-39(76)51(63)89/h35-50H,2-33H2,1H3,(H2,63,89)/t35-,36-,37-,38-,39+,40+,41+,42+,43+,44+,45+,46+,47+,48+,49+,50+/m1/s1. The largest absolute Gasteiger partial charge is 0.368 e. The topological polar surface area (TPSA) is 482 Å². The van der Waals surface area contributed by atoms with Gasteiger partial charge in [-0.2, -0.15) is 0 Å². The van der Waals surface area contributed by atoms with Gasteiger partial charge < -0.3 is 64.5 Å². The molecule has 12 aliphatic heterocycles. The highest BCUT2D eigenvalue weighted by molar-refractivity contribution is 6.01. The number of nitrogens with zero attached hydrogens (tertiary/aromatic N) is 24. The Labute approximate surface area is 574 Å². The van der Waals surface area contributed by atoms with E-state index in [4.69, 9.17) is 11.3 Å². The first kappa shape index (κ1) is 70.2. The first-order valence-electron chi connectivity index (χ1n) is 35.3. The lowest BCUT2D eigenvalue weighted by Gasteiger charge is -2.38. The number of carbonyl (C=O) groups excluding carboxylic acids is 13. The normalized spacial score (nSPS) is 32.5. The van der Waals surface area contributed by atoms with Crippen molar-refractivity contribution in [2.24, 2.45) is 26.2 Å². The first-order chi connectivity index (χ1) is 48.2. The molecule has 0 aromatic heterocycles. The van der Waals surface area contributed by atoms with Crippen LogP contribution in [-0.2, 0) is 62.3 Å². The summed E-state index contributed by atoms with van der Waals surface area (Å²) in [5.74, 6) is -6.88. The third kappa shape index (κ3) is 13.2. The zero-order valence-corrected chi connectivity index (χ0v) is 56.0. The van der Waals surface area contributed by atoms with Gasteiger partial charge in [0.2, 0.25) is 76.8 Å². The quantitative estimate of drug-likeness (QED) is 0.125. The van der Waals surface area contributed by atoms with E-state index in [1.807, 2.05) is 0 Å². The molecule has 38 nitrogen and oxygen atoms in total. The van der Waals surface area contributed by atoms with Gasteiger partial charge in [0.1, 0.15) is 72.5 Å². The highest BCUT2D eigenvalue weighted by Gasteiger charge is 2.56. The molecule has 12 rings (SSSR count). The fourth-order valence-electron chi connectivity index (χ4n) is 18.3. The van der Waals surface area contributed by atoms with Crippen molar-refractivity contribution in [1.29, 1.82) is 0 Å². The van der Waals surface area contributed by atoms with Crippen molar-refractivity contribution in [1.82, 2.24) is 58.8 Å². The maximum absolute atomic E-state index is 15.2. The molecule has 12 heterocycles. The molecule has 0 aromatic carbocycles. The molecule has 536 valence electrons. The lowest BCUT2D eigenvalue weighted by atomic mass is 10.1. The molecular weight excluding hydrogens is 1300 g/mol. The summed E-state index contributed by atoms with van der Waals surface area (Å²) in [5.41, 5.74) is 43.5. The molecule has 38 heteroatoms. The smallest absolute Gasteiger partial charge is 0.246 e. The summed E-state index contributed by atoms with van der Waals surface area (Å²) < 4.78 is 0. The molecule has 0 radical (unpaired) electrons. The average Bonchev–Trinajstić information content (AvgIpc) is 1.62. The molecule has 0 spiro atoms. The highest BCUT2D eigenvalue weighted by atomic mass is 16.2. The monoisotopic (exact) mass is 1390 g/mol. The second-order valence-corrected chi connectivity index (χ2v) is 28.5. The van der Waals surface area contributed by atoms with Crippen LogP contribution in [0.15, 0.2) is 20.5 Å². The van der Waals surface area contributed by atoms with Gasteiger partial charge in [0, 0.05) is 105 Å². The minimum atomic E-state index is -1.24. The highest BCUT2D eigenvalue weighted by Crippen LogP contribution is 2.38. The number of likely N-dealkylation sites (tertiary alicyclic amines) is 12. The SMILES string of the molecule is CC(=O)N1C[C@H](N=[N+]=[N-])C[C@H]1C(=O)N1CCC[C@H]1C(=O)N1CCC[C@H]1C(=O)N1C[C@H](N=[N+]=[N-])C[C@H]1C(=O)N1CCC[C@H]1C(=O)N1CCC[C@H]1C(=O)N1C[C@H](N=[N+]=[N-])C[C@H]1C(=O)N1CCC[C@H]1C(=O)N1CCC[C@H]1C(=O)N1C[C@H](N=[N+]=[N-])C[C@H]1C(=O)N1CCC[C@H]1C(=O)N1CCC[C@H]1C(N)=O. The third-order valence-electron chi connectivity index (χ3n) is 23.0. The fourth-order valence-corrected chi connectivity index (χ4v) is 18.3. The molecule has 0 aliphatic carbocycles. The molecule has 13 amide bonds. The molecule has 100 heavy (non-hydrogen) atoms. The Bertz CT molecular complexity index is 3570. The van der Waals surface area contributed by atoms with E-state index in [2.05, 4.69) is 40.1 Å². The summed E-state index contributed by atoms with van der Waals surface area (Å²) in [6.07, 6.45) is 5.42. The van der Waals surface area contributed by atoms with Gasteiger partial charge in [-0.3, -0.25) is 62.3 Å². The first-order valence-corrected chi connectivity index (χ1v) is 35.3. The summed E-state index contributed by atoms with van der Waals surface area (Å²) in [4.78, 5) is 216. The van der Waals surface area contributed by atoms with Gasteiger partial charge in [0.15, 0.2) is 0 Å². The number of hydrogen-bond acceptors (Lipinski definition) is 17. The maximum Gasteiger partial charge on any atom is 0.246 e. The van der Waals surface area contributed by atoms with Crippen LogP contribution in [0.25, 0.3) is 41.8 Å². The van der Waals surface area contributed by atoms with E-state index in [-0.39, 0.29) is 136 Å². The van der Waals surface area contributed by atoms with Crippen LogP contribution in [0, 0.1) is 0 Å². The minimum Gasteiger partial charge on any atom is -0.368 e. The van der Waals surface area contributed by atoms with Crippen LogP contribution in [0.5, 0.6) is 0 Å². The second-order valence-electron chi connectivity index (χ2n) is 28.5. The Balaban J connectivity index is 0.708. The van der Waals surface area contributed by atoms with E-state index >= 15 is 24.0 Å². The van der Waals surface area contributed by atoms with Gasteiger partial charge in [0.25, 0.3) is 0 Å². The average molecular weight is 1390 g/mol. The van der Waals surface area contributed by atoms with Crippen LogP contribution < -0.4 is 5.73 Å². The molecule has 0 aromatic rings. The van der Waals surface area contributed by atoms with Crippen LogP contribution in [-0.4, -0.2) is 311 Å². The van der Waals surface area contributed by atoms with E-state index in [0.29, 0.717) is 77.2 Å². The van der Waals surface area contributed by atoms with Crippen LogP contribution in [0.3, 0.4) is 0 Å². The number of amides is 13. The lowest BCUT2D eigenvalue weighted by Crippen LogP contribution is -2.59. The van der Waals surface area contributed by atoms with E-state index in [1.165, 1.54) is 65.7 Å². The van der Waals surface area contributed by atoms with Crippen molar-refractivity contribution in [2.75, 3.05) is 78.5 Å². The van der Waals surface area contributed by atoms with Crippen molar-refractivity contribution < 1.29 is 62.3 Å². The molecule has 2 N–H and O–H groups in total. The Morgan fingerprint density at radius 3 is 0.640 bits per heavy atom.